The minimum Gasteiger partial charge on any atom is -0.385 e. The first-order valence-corrected chi connectivity index (χ1v) is 9.29. The minimum atomic E-state index is 0.781. The van der Waals surface area contributed by atoms with Crippen LogP contribution >= 0.6 is 22.9 Å². The molecule has 23 heavy (non-hydrogen) atoms. The maximum atomic E-state index is 5.94. The highest BCUT2D eigenvalue weighted by Crippen LogP contribution is 2.21. The Balaban J connectivity index is 2.26. The van der Waals surface area contributed by atoms with Crippen molar-refractivity contribution in [2.24, 2.45) is 4.99 Å². The third kappa shape index (κ3) is 9.81. The van der Waals surface area contributed by atoms with Gasteiger partial charge in [-0.1, -0.05) is 11.6 Å². The van der Waals surface area contributed by atoms with E-state index in [9.17, 15) is 0 Å². The topological polar surface area (TPSA) is 48.9 Å². The first-order chi connectivity index (χ1) is 11.2. The molecule has 0 fully saturated rings. The number of guanidine groups is 1. The van der Waals surface area contributed by atoms with E-state index in [-0.39, 0.29) is 0 Å². The molecule has 7 heteroatoms. The molecular weight excluding hydrogens is 332 g/mol. The van der Waals surface area contributed by atoms with E-state index in [2.05, 4.69) is 40.6 Å². The highest BCUT2D eigenvalue weighted by Gasteiger charge is 2.01. The Hall–Kier alpha value is -0.820. The van der Waals surface area contributed by atoms with E-state index in [1.807, 2.05) is 6.07 Å². The van der Waals surface area contributed by atoms with Crippen molar-refractivity contribution < 1.29 is 4.74 Å². The van der Waals surface area contributed by atoms with Gasteiger partial charge in [-0.15, -0.1) is 11.3 Å². The molecule has 0 bridgehead atoms. The molecule has 0 saturated carbocycles. The zero-order chi connectivity index (χ0) is 16.9. The lowest BCUT2D eigenvalue weighted by atomic mass is 10.3. The summed E-state index contributed by atoms with van der Waals surface area (Å²) in [6, 6.07) is 4.02. The number of nitrogens with one attached hydrogen (secondary N) is 2. The van der Waals surface area contributed by atoms with Crippen LogP contribution in [0.3, 0.4) is 0 Å². The smallest absolute Gasteiger partial charge is 0.191 e. The van der Waals surface area contributed by atoms with Gasteiger partial charge in [-0.25, -0.2) is 0 Å². The zero-order valence-electron chi connectivity index (χ0n) is 14.4. The van der Waals surface area contributed by atoms with Crippen LogP contribution in [0.4, 0.5) is 0 Å². The zero-order valence-corrected chi connectivity index (χ0v) is 16.0. The predicted molar refractivity (Wildman–Crippen MR) is 101 cm³/mol. The molecule has 0 aliphatic heterocycles. The molecule has 0 unspecified atom stereocenters. The third-order valence-electron chi connectivity index (χ3n) is 3.28. The van der Waals surface area contributed by atoms with Crippen molar-refractivity contribution in [2.75, 3.05) is 53.5 Å². The molecule has 132 valence electrons. The summed E-state index contributed by atoms with van der Waals surface area (Å²) >= 11 is 7.58. The van der Waals surface area contributed by atoms with E-state index in [1.165, 1.54) is 4.88 Å². The highest BCUT2D eigenvalue weighted by molar-refractivity contribution is 7.16. The van der Waals surface area contributed by atoms with Crippen molar-refractivity contribution in [2.45, 2.75) is 19.8 Å². The second-order valence-corrected chi connectivity index (χ2v) is 7.09. The molecule has 0 aromatic carbocycles. The maximum Gasteiger partial charge on any atom is 0.191 e. The lowest BCUT2D eigenvalue weighted by Crippen LogP contribution is -2.38. The number of hydrogen-bond acceptors (Lipinski definition) is 4. The van der Waals surface area contributed by atoms with Crippen LogP contribution in [0.2, 0.25) is 4.34 Å². The van der Waals surface area contributed by atoms with Crippen molar-refractivity contribution in [1.82, 2.24) is 15.5 Å². The summed E-state index contributed by atoms with van der Waals surface area (Å²) in [7, 11) is 3.86. The van der Waals surface area contributed by atoms with E-state index in [0.717, 1.165) is 62.5 Å². The summed E-state index contributed by atoms with van der Waals surface area (Å²) < 4.78 is 5.91. The van der Waals surface area contributed by atoms with Crippen molar-refractivity contribution in [1.29, 1.82) is 0 Å². The standard InChI is InChI=1S/C16H29ClN4OS/c1-4-18-16(19-9-8-14-6-7-15(17)23-14)20-10-12-21(2)11-5-13-22-3/h6-7H,4-5,8-13H2,1-3H3,(H2,18,19,20). The molecule has 0 radical (unpaired) electrons. The number of methoxy groups -OCH3 is 1. The van der Waals surface area contributed by atoms with Crippen molar-refractivity contribution >= 4 is 28.9 Å². The number of halogens is 1. The fourth-order valence-electron chi connectivity index (χ4n) is 2.06. The first-order valence-electron chi connectivity index (χ1n) is 8.09. The summed E-state index contributed by atoms with van der Waals surface area (Å²) in [6.07, 6.45) is 2.01. The largest absolute Gasteiger partial charge is 0.385 e. The summed E-state index contributed by atoms with van der Waals surface area (Å²) in [4.78, 5) is 8.18. The fourth-order valence-corrected chi connectivity index (χ4v) is 3.14. The van der Waals surface area contributed by atoms with Crippen LogP contribution in [0.1, 0.15) is 18.2 Å². The number of rotatable bonds is 11. The van der Waals surface area contributed by atoms with Crippen LogP contribution in [0.25, 0.3) is 0 Å². The SMILES string of the molecule is CCNC(=NCCN(C)CCCOC)NCCc1ccc(Cl)s1. The number of ether oxygens (including phenoxy) is 1. The van der Waals surface area contributed by atoms with E-state index in [1.54, 1.807) is 18.4 Å². The average Bonchev–Trinajstić information content (AvgIpc) is 2.93. The van der Waals surface area contributed by atoms with Gasteiger partial charge in [-0.3, -0.25) is 4.99 Å². The molecule has 0 aliphatic rings. The van der Waals surface area contributed by atoms with Crippen LogP contribution in [-0.2, 0) is 11.2 Å². The average molecular weight is 361 g/mol. The number of hydrogen-bond donors (Lipinski definition) is 2. The lowest BCUT2D eigenvalue weighted by Gasteiger charge is -2.16. The number of thiophene rings is 1. The molecular formula is C16H29ClN4OS. The van der Waals surface area contributed by atoms with E-state index < -0.39 is 0 Å². The van der Waals surface area contributed by atoms with Gasteiger partial charge in [-0.05, 0) is 38.9 Å². The number of nitrogens with zero attached hydrogens (tertiary/aromatic N) is 2. The molecule has 2 N–H and O–H groups in total. The molecule has 5 nitrogen and oxygen atoms in total. The van der Waals surface area contributed by atoms with Gasteiger partial charge in [0.2, 0.25) is 0 Å². The first kappa shape index (κ1) is 20.2. The van der Waals surface area contributed by atoms with E-state index in [4.69, 9.17) is 16.3 Å². The predicted octanol–water partition coefficient (Wildman–Crippen LogP) is 2.47. The van der Waals surface area contributed by atoms with Crippen LogP contribution in [0.5, 0.6) is 0 Å². The van der Waals surface area contributed by atoms with Gasteiger partial charge in [0.15, 0.2) is 5.96 Å². The molecule has 1 heterocycles. The molecule has 0 saturated heterocycles. The second-order valence-electron chi connectivity index (χ2n) is 5.29. The van der Waals surface area contributed by atoms with Crippen LogP contribution < -0.4 is 10.6 Å². The van der Waals surface area contributed by atoms with Gasteiger partial charge in [0.25, 0.3) is 0 Å². The highest BCUT2D eigenvalue weighted by atomic mass is 35.5. The van der Waals surface area contributed by atoms with E-state index in [0.29, 0.717) is 0 Å². The van der Waals surface area contributed by atoms with Gasteiger partial charge < -0.3 is 20.3 Å². The Labute approximate surface area is 149 Å². The molecule has 0 spiro atoms. The minimum absolute atomic E-state index is 0.781. The molecule has 0 aliphatic carbocycles. The lowest BCUT2D eigenvalue weighted by molar-refractivity contribution is 0.180. The van der Waals surface area contributed by atoms with Crippen LogP contribution in [0, 0.1) is 0 Å². The monoisotopic (exact) mass is 360 g/mol. The quantitative estimate of drug-likeness (QED) is 0.361. The van der Waals surface area contributed by atoms with Gasteiger partial charge in [0, 0.05) is 44.8 Å². The molecule has 1 aromatic rings. The molecule has 0 atom stereocenters. The second kappa shape index (κ2) is 12.6. The molecule has 0 amide bonds. The van der Waals surface area contributed by atoms with Gasteiger partial charge >= 0.3 is 0 Å². The van der Waals surface area contributed by atoms with Crippen molar-refractivity contribution in [3.8, 4) is 0 Å². The summed E-state index contributed by atoms with van der Waals surface area (Å²) in [5.41, 5.74) is 0. The molecule has 1 aromatic heterocycles. The Kier molecular flexibility index (Phi) is 11.1. The normalized spacial score (nSPS) is 12.0. The van der Waals surface area contributed by atoms with Gasteiger partial charge in [-0.2, -0.15) is 0 Å². The van der Waals surface area contributed by atoms with Crippen LogP contribution in [-0.4, -0.2) is 64.3 Å². The summed E-state index contributed by atoms with van der Waals surface area (Å²) in [6.45, 7) is 7.36. The third-order valence-corrected chi connectivity index (χ3v) is 4.57. The Morgan fingerprint density at radius 3 is 2.83 bits per heavy atom. The Morgan fingerprint density at radius 2 is 2.17 bits per heavy atom. The van der Waals surface area contributed by atoms with Crippen molar-refractivity contribution in [3.63, 3.8) is 0 Å². The summed E-state index contributed by atoms with van der Waals surface area (Å²) in [5, 5.41) is 6.65. The van der Waals surface area contributed by atoms with Crippen LogP contribution in [0.15, 0.2) is 17.1 Å². The summed E-state index contributed by atoms with van der Waals surface area (Å²) in [5.74, 6) is 0.875. The number of likely N-dealkylation sites (N-methyl/N-ethyl adjacent to an activating group) is 1. The molecule has 1 rings (SSSR count). The fraction of sp³-hybridized carbons (Fsp3) is 0.688. The Bertz CT molecular complexity index is 453. The number of aliphatic imine (C=N–C) groups is 1. The Morgan fingerprint density at radius 1 is 1.35 bits per heavy atom. The van der Waals surface area contributed by atoms with Crippen molar-refractivity contribution in [3.05, 3.63) is 21.3 Å². The van der Waals surface area contributed by atoms with E-state index >= 15 is 0 Å². The van der Waals surface area contributed by atoms with Gasteiger partial charge in [0.1, 0.15) is 0 Å². The maximum absolute atomic E-state index is 5.94. The van der Waals surface area contributed by atoms with Gasteiger partial charge in [0.05, 0.1) is 10.9 Å².